The van der Waals surface area contributed by atoms with Crippen LogP contribution in [0.25, 0.3) is 5.65 Å². The molecule has 0 bridgehead atoms. The number of rotatable bonds is 5. The van der Waals surface area contributed by atoms with Crippen LogP contribution >= 0.6 is 0 Å². The molecule has 2 heterocycles. The van der Waals surface area contributed by atoms with Gasteiger partial charge in [-0.05, 0) is 37.8 Å². The van der Waals surface area contributed by atoms with E-state index in [1.807, 2.05) is 28.8 Å². The Balaban J connectivity index is 1.63. The highest BCUT2D eigenvalue weighted by Crippen LogP contribution is 2.35. The first-order valence-corrected chi connectivity index (χ1v) is 10.1. The van der Waals surface area contributed by atoms with Crippen molar-refractivity contribution in [1.29, 1.82) is 0 Å². The van der Waals surface area contributed by atoms with Crippen LogP contribution in [0.5, 0.6) is 0 Å². The zero-order valence-corrected chi connectivity index (χ0v) is 14.1. The quantitative estimate of drug-likeness (QED) is 0.845. The van der Waals surface area contributed by atoms with Gasteiger partial charge in [0.05, 0.1) is 23.7 Å². The fourth-order valence-corrected chi connectivity index (χ4v) is 5.86. The van der Waals surface area contributed by atoms with E-state index in [0.717, 1.165) is 49.9 Å². The van der Waals surface area contributed by atoms with Crippen LogP contribution in [0.1, 0.15) is 50.6 Å². The van der Waals surface area contributed by atoms with Crippen molar-refractivity contribution < 1.29 is 8.42 Å². The van der Waals surface area contributed by atoms with Gasteiger partial charge in [-0.25, -0.2) is 13.4 Å². The Labute approximate surface area is 137 Å². The minimum atomic E-state index is -3.21. The Morgan fingerprint density at radius 2 is 1.91 bits per heavy atom. The molecule has 124 valence electrons. The monoisotopic (exact) mass is 333 g/mol. The molecule has 0 aliphatic heterocycles. The first kappa shape index (κ1) is 15.1. The van der Waals surface area contributed by atoms with E-state index in [2.05, 4.69) is 4.98 Å². The predicted molar refractivity (Wildman–Crippen MR) is 89.5 cm³/mol. The maximum Gasteiger partial charge on any atom is 0.217 e. The van der Waals surface area contributed by atoms with E-state index in [1.165, 1.54) is 6.42 Å². The third kappa shape index (κ3) is 2.90. The van der Waals surface area contributed by atoms with E-state index in [4.69, 9.17) is 0 Å². The standard InChI is InChI=1S/C17H23N3O2S/c21-23(22,16-6-2-1-3-7-16)20(14-9-10-14)13-15-12-18-17-8-4-5-11-19(15)17/h4-5,8,11-12,14,16H,1-3,6-7,9-10,13H2. The fraction of sp³-hybridized carbons (Fsp3) is 0.588. The van der Waals surface area contributed by atoms with E-state index in [1.54, 1.807) is 10.5 Å². The number of hydrogen-bond donors (Lipinski definition) is 0. The minimum Gasteiger partial charge on any atom is -0.303 e. The lowest BCUT2D eigenvalue weighted by Crippen LogP contribution is -2.40. The van der Waals surface area contributed by atoms with Gasteiger partial charge in [0.2, 0.25) is 10.0 Å². The van der Waals surface area contributed by atoms with Crippen LogP contribution in [0.4, 0.5) is 0 Å². The summed E-state index contributed by atoms with van der Waals surface area (Å²) in [5.74, 6) is 0. The largest absolute Gasteiger partial charge is 0.303 e. The van der Waals surface area contributed by atoms with Gasteiger partial charge in [0, 0.05) is 12.2 Å². The van der Waals surface area contributed by atoms with Crippen molar-refractivity contribution in [2.45, 2.75) is 62.8 Å². The third-order valence-corrected chi connectivity index (χ3v) is 7.46. The molecule has 23 heavy (non-hydrogen) atoms. The van der Waals surface area contributed by atoms with Gasteiger partial charge in [0.15, 0.2) is 0 Å². The highest BCUT2D eigenvalue weighted by atomic mass is 32.2. The second-order valence-corrected chi connectivity index (χ2v) is 8.93. The molecule has 0 saturated heterocycles. The second kappa shape index (κ2) is 5.91. The van der Waals surface area contributed by atoms with E-state index in [-0.39, 0.29) is 11.3 Å². The highest BCUT2D eigenvalue weighted by Gasteiger charge is 2.41. The molecule has 0 aromatic carbocycles. The van der Waals surface area contributed by atoms with Gasteiger partial charge in [0.25, 0.3) is 0 Å². The van der Waals surface area contributed by atoms with Gasteiger partial charge >= 0.3 is 0 Å². The molecule has 4 rings (SSSR count). The first-order valence-electron chi connectivity index (χ1n) is 8.58. The number of aromatic nitrogens is 2. The summed E-state index contributed by atoms with van der Waals surface area (Å²) in [7, 11) is -3.21. The molecule has 2 aromatic heterocycles. The molecule has 2 aliphatic carbocycles. The summed E-state index contributed by atoms with van der Waals surface area (Å²) in [6.45, 7) is 0.439. The van der Waals surface area contributed by atoms with Gasteiger partial charge in [-0.3, -0.25) is 0 Å². The summed E-state index contributed by atoms with van der Waals surface area (Å²) in [4.78, 5) is 4.39. The Morgan fingerprint density at radius 3 is 2.65 bits per heavy atom. The average molecular weight is 333 g/mol. The zero-order chi connectivity index (χ0) is 15.9. The van der Waals surface area contributed by atoms with E-state index < -0.39 is 10.0 Å². The average Bonchev–Trinajstić information content (AvgIpc) is 3.34. The van der Waals surface area contributed by atoms with Gasteiger partial charge in [-0.2, -0.15) is 4.31 Å². The van der Waals surface area contributed by atoms with Gasteiger partial charge in [-0.1, -0.05) is 25.3 Å². The summed E-state index contributed by atoms with van der Waals surface area (Å²) in [6.07, 6.45) is 10.6. The maximum absolute atomic E-state index is 13.1. The lowest BCUT2D eigenvalue weighted by Gasteiger charge is -2.29. The van der Waals surface area contributed by atoms with E-state index >= 15 is 0 Å². The first-order chi connectivity index (χ1) is 11.2. The smallest absolute Gasteiger partial charge is 0.217 e. The number of fused-ring (bicyclic) bond motifs is 1. The van der Waals surface area contributed by atoms with Crippen molar-refractivity contribution in [3.8, 4) is 0 Å². The molecule has 0 unspecified atom stereocenters. The molecule has 0 radical (unpaired) electrons. The maximum atomic E-state index is 13.1. The van der Waals surface area contributed by atoms with Crippen molar-refractivity contribution in [3.05, 3.63) is 36.3 Å². The van der Waals surface area contributed by atoms with Crippen molar-refractivity contribution in [3.63, 3.8) is 0 Å². The van der Waals surface area contributed by atoms with Crippen molar-refractivity contribution in [1.82, 2.24) is 13.7 Å². The van der Waals surface area contributed by atoms with Crippen LogP contribution in [-0.2, 0) is 16.6 Å². The molecular formula is C17H23N3O2S. The number of imidazole rings is 1. The minimum absolute atomic E-state index is 0.184. The molecule has 2 fully saturated rings. The lowest BCUT2D eigenvalue weighted by molar-refractivity contribution is 0.372. The highest BCUT2D eigenvalue weighted by molar-refractivity contribution is 7.89. The SMILES string of the molecule is O=S(=O)(C1CCCCC1)N(Cc1cnc2ccccn12)C1CC1. The molecule has 2 saturated carbocycles. The molecule has 5 nitrogen and oxygen atoms in total. The Hall–Kier alpha value is -1.40. The Morgan fingerprint density at radius 1 is 1.13 bits per heavy atom. The van der Waals surface area contributed by atoms with E-state index in [9.17, 15) is 8.42 Å². The Kier molecular flexibility index (Phi) is 3.89. The van der Waals surface area contributed by atoms with Crippen molar-refractivity contribution >= 4 is 15.7 Å². The Bertz CT molecular complexity index is 789. The number of nitrogens with zero attached hydrogens (tertiary/aromatic N) is 3. The number of pyridine rings is 1. The van der Waals surface area contributed by atoms with E-state index in [0.29, 0.717) is 6.54 Å². The second-order valence-electron chi connectivity index (χ2n) is 6.76. The fourth-order valence-electron chi connectivity index (χ4n) is 3.61. The number of sulfonamides is 1. The molecule has 2 aliphatic rings. The molecule has 0 amide bonds. The third-order valence-electron chi connectivity index (χ3n) is 5.07. The van der Waals surface area contributed by atoms with Crippen LogP contribution in [0.15, 0.2) is 30.6 Å². The van der Waals surface area contributed by atoms with Crippen LogP contribution < -0.4 is 0 Å². The molecular weight excluding hydrogens is 310 g/mol. The van der Waals surface area contributed by atoms with Gasteiger partial charge < -0.3 is 4.40 Å². The normalized spacial score (nSPS) is 20.4. The molecule has 6 heteroatoms. The van der Waals surface area contributed by atoms with Crippen LogP contribution in [0, 0.1) is 0 Å². The molecule has 0 spiro atoms. The van der Waals surface area contributed by atoms with Crippen LogP contribution in [0.2, 0.25) is 0 Å². The van der Waals surface area contributed by atoms with Crippen LogP contribution in [0.3, 0.4) is 0 Å². The summed E-state index contributed by atoms with van der Waals surface area (Å²) in [6, 6.07) is 6.04. The van der Waals surface area contributed by atoms with Crippen molar-refractivity contribution in [2.75, 3.05) is 0 Å². The topological polar surface area (TPSA) is 54.7 Å². The summed E-state index contributed by atoms with van der Waals surface area (Å²) in [5, 5.41) is -0.184. The lowest BCUT2D eigenvalue weighted by atomic mass is 10.0. The predicted octanol–water partition coefficient (Wildman–Crippen LogP) is 2.96. The zero-order valence-electron chi connectivity index (χ0n) is 13.3. The van der Waals surface area contributed by atoms with Gasteiger partial charge in [-0.15, -0.1) is 0 Å². The molecule has 0 N–H and O–H groups in total. The van der Waals surface area contributed by atoms with Crippen LogP contribution in [-0.4, -0.2) is 33.4 Å². The van der Waals surface area contributed by atoms with Gasteiger partial charge in [0.1, 0.15) is 5.65 Å². The van der Waals surface area contributed by atoms with Crippen molar-refractivity contribution in [2.24, 2.45) is 0 Å². The summed E-state index contributed by atoms with van der Waals surface area (Å²) in [5.41, 5.74) is 1.82. The molecule has 0 atom stereocenters. The summed E-state index contributed by atoms with van der Waals surface area (Å²) < 4.78 is 30.0. The summed E-state index contributed by atoms with van der Waals surface area (Å²) >= 11 is 0. The number of hydrogen-bond acceptors (Lipinski definition) is 3. The molecule has 2 aromatic rings.